The molecule has 0 unspecified atom stereocenters. The van der Waals surface area contributed by atoms with Gasteiger partial charge in [0.2, 0.25) is 0 Å². The Morgan fingerprint density at radius 3 is 2.31 bits per heavy atom. The molecular formula is C19H28N2O5. The molecule has 144 valence electrons. The molecule has 2 N–H and O–H groups in total. The first-order chi connectivity index (χ1) is 12.2. The second-order valence-corrected chi connectivity index (χ2v) is 6.84. The summed E-state index contributed by atoms with van der Waals surface area (Å²) in [5, 5.41) is 5.35. The number of unbranched alkanes of at least 4 members (excludes halogenated alkanes) is 1. The summed E-state index contributed by atoms with van der Waals surface area (Å²) in [5.74, 6) is -0.817. The first-order valence-corrected chi connectivity index (χ1v) is 8.63. The lowest BCUT2D eigenvalue weighted by Crippen LogP contribution is -2.41. The molecule has 1 aromatic carbocycles. The van der Waals surface area contributed by atoms with Gasteiger partial charge in [-0.3, -0.25) is 4.79 Å². The van der Waals surface area contributed by atoms with Gasteiger partial charge in [0.1, 0.15) is 11.6 Å². The largest absolute Gasteiger partial charge is 0.467 e. The van der Waals surface area contributed by atoms with Crippen LogP contribution in [0.25, 0.3) is 0 Å². The van der Waals surface area contributed by atoms with Crippen LogP contribution in [-0.4, -0.2) is 43.3 Å². The Morgan fingerprint density at radius 2 is 1.73 bits per heavy atom. The molecule has 7 heteroatoms. The molecule has 0 fully saturated rings. The number of alkyl carbamates (subject to hydrolysis) is 1. The van der Waals surface area contributed by atoms with E-state index < -0.39 is 23.7 Å². The Labute approximate surface area is 154 Å². The normalized spacial score (nSPS) is 12.0. The molecule has 0 heterocycles. The number of esters is 1. The highest BCUT2D eigenvalue weighted by Crippen LogP contribution is 2.08. The number of ether oxygens (including phenoxy) is 2. The van der Waals surface area contributed by atoms with Gasteiger partial charge >= 0.3 is 12.1 Å². The maximum atomic E-state index is 12.2. The van der Waals surface area contributed by atoms with Crippen molar-refractivity contribution in [3.63, 3.8) is 0 Å². The minimum Gasteiger partial charge on any atom is -0.467 e. The minimum absolute atomic E-state index is 0.326. The third kappa shape index (κ3) is 8.50. The summed E-state index contributed by atoms with van der Waals surface area (Å²) in [5.41, 5.74) is -0.0603. The zero-order valence-electron chi connectivity index (χ0n) is 15.8. The lowest BCUT2D eigenvalue weighted by molar-refractivity contribution is -0.143. The van der Waals surface area contributed by atoms with Crippen molar-refractivity contribution in [2.45, 2.75) is 51.7 Å². The highest BCUT2D eigenvalue weighted by atomic mass is 16.6. The van der Waals surface area contributed by atoms with E-state index >= 15 is 0 Å². The highest BCUT2D eigenvalue weighted by molar-refractivity contribution is 5.96. The van der Waals surface area contributed by atoms with Gasteiger partial charge in [0.15, 0.2) is 0 Å². The van der Waals surface area contributed by atoms with E-state index in [1.807, 2.05) is 6.07 Å². The van der Waals surface area contributed by atoms with Gasteiger partial charge in [-0.25, -0.2) is 9.59 Å². The molecule has 0 aliphatic carbocycles. The number of amides is 2. The van der Waals surface area contributed by atoms with Crippen LogP contribution in [0.15, 0.2) is 30.3 Å². The van der Waals surface area contributed by atoms with Gasteiger partial charge < -0.3 is 20.1 Å². The van der Waals surface area contributed by atoms with Crippen LogP contribution < -0.4 is 10.6 Å². The molecule has 0 aliphatic rings. The summed E-state index contributed by atoms with van der Waals surface area (Å²) >= 11 is 0. The quantitative estimate of drug-likeness (QED) is 0.546. The van der Waals surface area contributed by atoms with Crippen LogP contribution in [0.2, 0.25) is 0 Å². The Balaban J connectivity index is 2.40. The molecule has 26 heavy (non-hydrogen) atoms. The second kappa shape index (κ2) is 10.4. The van der Waals surface area contributed by atoms with Crippen LogP contribution in [0.5, 0.6) is 0 Å². The molecule has 2 amide bonds. The molecule has 1 rings (SSSR count). The smallest absolute Gasteiger partial charge is 0.407 e. The number of carbonyl (C=O) groups is 3. The standard InChI is InChI=1S/C19H28N2O5/c1-19(2,3)26-18(24)20-13-9-8-12-15(17(23)25-4)21-16(22)14-10-6-5-7-11-14/h5-7,10-11,15H,8-9,12-13H2,1-4H3,(H,20,24)(H,21,22)/t15-/m0/s1. The zero-order chi connectivity index (χ0) is 19.6. The van der Waals surface area contributed by atoms with E-state index in [2.05, 4.69) is 10.6 Å². The summed E-state index contributed by atoms with van der Waals surface area (Å²) in [6.07, 6.45) is 1.22. The lowest BCUT2D eigenvalue weighted by Gasteiger charge is -2.20. The first kappa shape index (κ1) is 21.5. The van der Waals surface area contributed by atoms with Gasteiger partial charge in [-0.05, 0) is 52.2 Å². The second-order valence-electron chi connectivity index (χ2n) is 6.84. The molecule has 7 nitrogen and oxygen atoms in total. The Morgan fingerprint density at radius 1 is 1.08 bits per heavy atom. The Hall–Kier alpha value is -2.57. The maximum absolute atomic E-state index is 12.2. The molecule has 0 aliphatic heterocycles. The van der Waals surface area contributed by atoms with E-state index in [-0.39, 0.29) is 5.91 Å². The third-order valence-electron chi connectivity index (χ3n) is 3.41. The predicted octanol–water partition coefficient (Wildman–Crippen LogP) is 2.65. The first-order valence-electron chi connectivity index (χ1n) is 8.63. The van der Waals surface area contributed by atoms with Crippen LogP contribution in [-0.2, 0) is 14.3 Å². The number of carbonyl (C=O) groups excluding carboxylic acids is 3. The van der Waals surface area contributed by atoms with Crippen LogP contribution in [0.1, 0.15) is 50.4 Å². The van der Waals surface area contributed by atoms with Crippen LogP contribution in [0, 0.1) is 0 Å². The van der Waals surface area contributed by atoms with Crippen LogP contribution in [0.3, 0.4) is 0 Å². The van der Waals surface area contributed by atoms with E-state index in [1.54, 1.807) is 45.0 Å². The molecule has 0 saturated carbocycles. The van der Waals surface area contributed by atoms with Crippen molar-refractivity contribution in [3.05, 3.63) is 35.9 Å². The molecule has 0 radical (unpaired) electrons. The minimum atomic E-state index is -0.728. The van der Waals surface area contributed by atoms with Crippen molar-refractivity contribution in [1.29, 1.82) is 0 Å². The average molecular weight is 364 g/mol. The van der Waals surface area contributed by atoms with Crippen molar-refractivity contribution in [3.8, 4) is 0 Å². The van der Waals surface area contributed by atoms with E-state index in [4.69, 9.17) is 9.47 Å². The third-order valence-corrected chi connectivity index (χ3v) is 3.41. The van der Waals surface area contributed by atoms with Crippen molar-refractivity contribution in [2.24, 2.45) is 0 Å². The van der Waals surface area contributed by atoms with Crippen molar-refractivity contribution in [1.82, 2.24) is 10.6 Å². The van der Waals surface area contributed by atoms with Gasteiger partial charge in [-0.1, -0.05) is 18.2 Å². The number of methoxy groups -OCH3 is 1. The number of rotatable bonds is 8. The molecular weight excluding hydrogens is 336 g/mol. The topological polar surface area (TPSA) is 93.7 Å². The van der Waals surface area contributed by atoms with Gasteiger partial charge in [-0.2, -0.15) is 0 Å². The van der Waals surface area contributed by atoms with Gasteiger partial charge in [-0.15, -0.1) is 0 Å². The molecule has 0 saturated heterocycles. The summed E-state index contributed by atoms with van der Waals surface area (Å²) in [4.78, 5) is 35.6. The van der Waals surface area contributed by atoms with E-state index in [1.165, 1.54) is 7.11 Å². The van der Waals surface area contributed by atoms with Crippen molar-refractivity contribution >= 4 is 18.0 Å². The molecule has 1 atom stereocenters. The molecule has 0 bridgehead atoms. The highest BCUT2D eigenvalue weighted by Gasteiger charge is 2.21. The van der Waals surface area contributed by atoms with Gasteiger partial charge in [0, 0.05) is 12.1 Å². The van der Waals surface area contributed by atoms with Crippen LogP contribution >= 0.6 is 0 Å². The summed E-state index contributed by atoms with van der Waals surface area (Å²) in [7, 11) is 1.29. The zero-order valence-corrected chi connectivity index (χ0v) is 15.8. The average Bonchev–Trinajstić information content (AvgIpc) is 2.58. The van der Waals surface area contributed by atoms with Gasteiger partial charge in [0.25, 0.3) is 5.91 Å². The number of benzene rings is 1. The number of hydrogen-bond donors (Lipinski definition) is 2. The van der Waals surface area contributed by atoms with Crippen LogP contribution in [0.4, 0.5) is 4.79 Å². The SMILES string of the molecule is COC(=O)[C@H](CCCCNC(=O)OC(C)(C)C)NC(=O)c1ccccc1. The summed E-state index contributed by atoms with van der Waals surface area (Å²) in [6, 6.07) is 7.94. The summed E-state index contributed by atoms with van der Waals surface area (Å²) < 4.78 is 9.90. The van der Waals surface area contributed by atoms with E-state index in [0.29, 0.717) is 31.4 Å². The number of nitrogens with one attached hydrogen (secondary N) is 2. The fourth-order valence-corrected chi connectivity index (χ4v) is 2.20. The molecule has 1 aromatic rings. The predicted molar refractivity (Wildman–Crippen MR) is 97.8 cm³/mol. The molecule has 0 spiro atoms. The number of hydrogen-bond acceptors (Lipinski definition) is 5. The Bertz CT molecular complexity index is 596. The fourth-order valence-electron chi connectivity index (χ4n) is 2.20. The monoisotopic (exact) mass is 364 g/mol. The van der Waals surface area contributed by atoms with Crippen molar-refractivity contribution in [2.75, 3.05) is 13.7 Å². The lowest BCUT2D eigenvalue weighted by atomic mass is 10.1. The Kier molecular flexibility index (Phi) is 8.61. The maximum Gasteiger partial charge on any atom is 0.407 e. The fraction of sp³-hybridized carbons (Fsp3) is 0.526. The van der Waals surface area contributed by atoms with Gasteiger partial charge in [0.05, 0.1) is 7.11 Å². The molecule has 0 aromatic heterocycles. The van der Waals surface area contributed by atoms with E-state index in [0.717, 1.165) is 0 Å². The van der Waals surface area contributed by atoms with E-state index in [9.17, 15) is 14.4 Å². The summed E-state index contributed by atoms with van der Waals surface area (Å²) in [6.45, 7) is 5.81. The van der Waals surface area contributed by atoms with Crippen molar-refractivity contribution < 1.29 is 23.9 Å².